The molecule has 1 aliphatic rings. The summed E-state index contributed by atoms with van der Waals surface area (Å²) in [5.41, 5.74) is 1.19. The van der Waals surface area contributed by atoms with Crippen molar-refractivity contribution in [3.05, 3.63) is 65.6 Å². The zero-order chi connectivity index (χ0) is 21.8. The predicted octanol–water partition coefficient (Wildman–Crippen LogP) is 3.27. The third-order valence-corrected chi connectivity index (χ3v) is 4.85. The minimum absolute atomic E-state index is 0.0711. The number of carbonyl (C=O) groups is 3. The van der Waals surface area contributed by atoms with E-state index in [1.54, 1.807) is 31.2 Å². The zero-order valence-electron chi connectivity index (χ0n) is 16.8. The first-order chi connectivity index (χ1) is 14.3. The third kappa shape index (κ3) is 4.17. The van der Waals surface area contributed by atoms with E-state index in [9.17, 15) is 18.8 Å². The Hall–Kier alpha value is -3.68. The molecule has 0 saturated carbocycles. The van der Waals surface area contributed by atoms with Crippen LogP contribution in [0.4, 0.5) is 15.8 Å². The molecule has 8 heteroatoms. The van der Waals surface area contributed by atoms with Crippen LogP contribution in [0.3, 0.4) is 0 Å². The summed E-state index contributed by atoms with van der Waals surface area (Å²) >= 11 is 0. The molecule has 1 heterocycles. The fourth-order valence-electron chi connectivity index (χ4n) is 3.41. The third-order valence-electron chi connectivity index (χ3n) is 4.85. The molecule has 1 atom stereocenters. The van der Waals surface area contributed by atoms with Gasteiger partial charge in [0.2, 0.25) is 11.8 Å². The topological polar surface area (TPSA) is 84.9 Å². The number of anilines is 2. The number of carbonyl (C=O) groups excluding carboxylic acids is 3. The van der Waals surface area contributed by atoms with Crippen LogP contribution in [0.25, 0.3) is 0 Å². The second-order valence-corrected chi connectivity index (χ2v) is 6.67. The fourth-order valence-corrected chi connectivity index (χ4v) is 3.41. The van der Waals surface area contributed by atoms with Crippen LogP contribution >= 0.6 is 0 Å². The highest BCUT2D eigenvalue weighted by molar-refractivity contribution is 6.10. The number of nitrogens with one attached hydrogen (secondary N) is 1. The molecule has 0 radical (unpaired) electrons. The molecule has 2 aromatic carbocycles. The molecule has 7 nitrogen and oxygen atoms in total. The first-order valence-corrected chi connectivity index (χ1v) is 9.18. The summed E-state index contributed by atoms with van der Waals surface area (Å²) in [6, 6.07) is 12.0. The SMILES string of the molecule is COC(=O)C1=C(C)N(c2ccc(F)cc2)C(=O)CC1C(=O)Nc1cccc(OC)c1. The van der Waals surface area contributed by atoms with Gasteiger partial charge in [0.25, 0.3) is 0 Å². The highest BCUT2D eigenvalue weighted by Gasteiger charge is 2.40. The standard InChI is InChI=1S/C22H21FN2O5/c1-13-20(22(28)30-3)18(21(27)24-15-5-4-6-17(11-15)29-2)12-19(26)25(13)16-9-7-14(23)8-10-16/h4-11,18H,12H2,1-3H3,(H,24,27). The lowest BCUT2D eigenvalue weighted by atomic mass is 9.88. The molecule has 0 spiro atoms. The van der Waals surface area contributed by atoms with E-state index in [4.69, 9.17) is 9.47 Å². The van der Waals surface area contributed by atoms with Crippen molar-refractivity contribution in [3.8, 4) is 5.75 Å². The number of hydrogen-bond donors (Lipinski definition) is 1. The fraction of sp³-hybridized carbons (Fsp3) is 0.227. The van der Waals surface area contributed by atoms with Gasteiger partial charge in [-0.15, -0.1) is 0 Å². The molecule has 0 aromatic heterocycles. The normalized spacial score (nSPS) is 16.3. The number of benzene rings is 2. The van der Waals surface area contributed by atoms with Gasteiger partial charge in [0, 0.05) is 29.6 Å². The number of rotatable bonds is 5. The second-order valence-electron chi connectivity index (χ2n) is 6.67. The predicted molar refractivity (Wildman–Crippen MR) is 108 cm³/mol. The summed E-state index contributed by atoms with van der Waals surface area (Å²) in [6.45, 7) is 1.55. The van der Waals surface area contributed by atoms with Gasteiger partial charge in [0.05, 0.1) is 25.7 Å². The van der Waals surface area contributed by atoms with Crippen LogP contribution in [0, 0.1) is 11.7 Å². The quantitative estimate of drug-likeness (QED) is 0.762. The number of allylic oxidation sites excluding steroid dienone is 1. The highest BCUT2D eigenvalue weighted by Crippen LogP contribution is 2.34. The molecular formula is C22H21FN2O5. The van der Waals surface area contributed by atoms with Gasteiger partial charge in [-0.3, -0.25) is 14.5 Å². The number of halogens is 1. The van der Waals surface area contributed by atoms with Crippen LogP contribution in [0.1, 0.15) is 13.3 Å². The van der Waals surface area contributed by atoms with Crippen molar-refractivity contribution in [2.45, 2.75) is 13.3 Å². The van der Waals surface area contributed by atoms with E-state index < -0.39 is 29.5 Å². The minimum atomic E-state index is -1.03. The van der Waals surface area contributed by atoms with Gasteiger partial charge in [0.1, 0.15) is 11.6 Å². The van der Waals surface area contributed by atoms with E-state index in [1.807, 2.05) is 0 Å². The maximum atomic E-state index is 13.3. The summed E-state index contributed by atoms with van der Waals surface area (Å²) in [5.74, 6) is -2.55. The molecule has 0 fully saturated rings. The molecule has 1 aliphatic heterocycles. The lowest BCUT2D eigenvalue weighted by molar-refractivity contribution is -0.138. The van der Waals surface area contributed by atoms with Gasteiger partial charge in [0.15, 0.2) is 0 Å². The number of ether oxygens (including phenoxy) is 2. The van der Waals surface area contributed by atoms with Crippen LogP contribution < -0.4 is 15.0 Å². The van der Waals surface area contributed by atoms with Crippen molar-refractivity contribution >= 4 is 29.2 Å². The largest absolute Gasteiger partial charge is 0.497 e. The Kier molecular flexibility index (Phi) is 6.15. The lowest BCUT2D eigenvalue weighted by Crippen LogP contribution is -2.43. The van der Waals surface area contributed by atoms with Gasteiger partial charge >= 0.3 is 5.97 Å². The van der Waals surface area contributed by atoms with Crippen molar-refractivity contribution in [1.29, 1.82) is 0 Å². The van der Waals surface area contributed by atoms with Crippen LogP contribution in [0.15, 0.2) is 59.8 Å². The Morgan fingerprint density at radius 1 is 1.13 bits per heavy atom. The zero-order valence-corrected chi connectivity index (χ0v) is 16.8. The van der Waals surface area contributed by atoms with Gasteiger partial charge in [-0.25, -0.2) is 9.18 Å². The summed E-state index contributed by atoms with van der Waals surface area (Å²) in [5, 5.41) is 2.72. The average molecular weight is 412 g/mol. The molecule has 0 bridgehead atoms. The molecule has 0 aliphatic carbocycles. The Morgan fingerprint density at radius 2 is 1.83 bits per heavy atom. The van der Waals surface area contributed by atoms with E-state index in [0.29, 0.717) is 17.1 Å². The molecule has 0 saturated heterocycles. The van der Waals surface area contributed by atoms with Gasteiger partial charge < -0.3 is 14.8 Å². The molecule has 30 heavy (non-hydrogen) atoms. The first kappa shape index (κ1) is 21.0. The maximum absolute atomic E-state index is 13.3. The van der Waals surface area contributed by atoms with Crippen molar-refractivity contribution in [2.24, 2.45) is 5.92 Å². The average Bonchev–Trinajstić information content (AvgIpc) is 2.74. The van der Waals surface area contributed by atoms with Gasteiger partial charge in [-0.05, 0) is 43.3 Å². The highest BCUT2D eigenvalue weighted by atomic mass is 19.1. The van der Waals surface area contributed by atoms with Crippen molar-refractivity contribution in [3.63, 3.8) is 0 Å². The summed E-state index contributed by atoms with van der Waals surface area (Å²) < 4.78 is 23.3. The molecule has 156 valence electrons. The van der Waals surface area contributed by atoms with E-state index in [0.717, 1.165) is 0 Å². The van der Waals surface area contributed by atoms with Crippen LogP contribution in [-0.4, -0.2) is 32.0 Å². The number of methoxy groups -OCH3 is 2. The van der Waals surface area contributed by atoms with E-state index in [2.05, 4.69) is 5.32 Å². The Morgan fingerprint density at radius 3 is 2.47 bits per heavy atom. The number of amides is 2. The summed E-state index contributed by atoms with van der Waals surface area (Å²) in [6.07, 6.45) is -0.241. The molecule has 1 unspecified atom stereocenters. The van der Waals surface area contributed by atoms with Crippen LogP contribution in [0.5, 0.6) is 5.75 Å². The van der Waals surface area contributed by atoms with Crippen LogP contribution in [-0.2, 0) is 19.1 Å². The number of hydrogen-bond acceptors (Lipinski definition) is 5. The Bertz CT molecular complexity index is 1020. The second kappa shape index (κ2) is 8.77. The summed E-state index contributed by atoms with van der Waals surface area (Å²) in [7, 11) is 2.71. The first-order valence-electron chi connectivity index (χ1n) is 9.18. The van der Waals surface area contributed by atoms with Crippen LogP contribution in [0.2, 0.25) is 0 Å². The molecular weight excluding hydrogens is 391 g/mol. The smallest absolute Gasteiger partial charge is 0.336 e. The van der Waals surface area contributed by atoms with Gasteiger partial charge in [-0.2, -0.15) is 0 Å². The monoisotopic (exact) mass is 412 g/mol. The molecule has 2 aromatic rings. The summed E-state index contributed by atoms with van der Waals surface area (Å²) in [4.78, 5) is 39.6. The van der Waals surface area contributed by atoms with Crippen molar-refractivity contribution < 1.29 is 28.2 Å². The molecule has 2 amide bonds. The maximum Gasteiger partial charge on any atom is 0.336 e. The lowest BCUT2D eigenvalue weighted by Gasteiger charge is -2.33. The van der Waals surface area contributed by atoms with Crippen molar-refractivity contribution in [2.75, 3.05) is 24.4 Å². The van der Waals surface area contributed by atoms with Crippen molar-refractivity contribution in [1.82, 2.24) is 0 Å². The van der Waals surface area contributed by atoms with E-state index >= 15 is 0 Å². The van der Waals surface area contributed by atoms with E-state index in [1.165, 1.54) is 43.4 Å². The Balaban J connectivity index is 1.97. The number of esters is 1. The number of nitrogens with zero attached hydrogens (tertiary/aromatic N) is 1. The van der Waals surface area contributed by atoms with E-state index in [-0.39, 0.29) is 17.7 Å². The Labute approximate surface area is 173 Å². The van der Waals surface area contributed by atoms with Gasteiger partial charge in [-0.1, -0.05) is 6.07 Å². The molecule has 3 rings (SSSR count). The molecule has 1 N–H and O–H groups in total. The minimum Gasteiger partial charge on any atom is -0.497 e.